The van der Waals surface area contributed by atoms with E-state index in [2.05, 4.69) is 45.0 Å². The van der Waals surface area contributed by atoms with Crippen molar-refractivity contribution in [2.75, 3.05) is 0 Å². The second kappa shape index (κ2) is 6.12. The van der Waals surface area contributed by atoms with Crippen molar-refractivity contribution in [1.29, 1.82) is 0 Å². The zero-order valence-corrected chi connectivity index (χ0v) is 12.4. The van der Waals surface area contributed by atoms with Crippen LogP contribution in [0, 0.1) is 20.8 Å². The van der Waals surface area contributed by atoms with Gasteiger partial charge in [-0.3, -0.25) is 0 Å². The molecule has 0 N–H and O–H groups in total. The van der Waals surface area contributed by atoms with E-state index in [-0.39, 0.29) is 0 Å². The van der Waals surface area contributed by atoms with Crippen molar-refractivity contribution in [1.82, 2.24) is 0 Å². The van der Waals surface area contributed by atoms with Crippen LogP contribution in [0.1, 0.15) is 27.8 Å². The molecule has 2 aromatic carbocycles. The predicted molar refractivity (Wildman–Crippen MR) is 81.0 cm³/mol. The molecule has 2 aromatic rings. The zero-order chi connectivity index (χ0) is 13.8. The van der Waals surface area contributed by atoms with Crippen LogP contribution < -0.4 is 4.74 Å². The first-order valence-electron chi connectivity index (χ1n) is 6.46. The molecular weight excluding hydrogens is 256 g/mol. The summed E-state index contributed by atoms with van der Waals surface area (Å²) in [6.07, 6.45) is 0. The van der Waals surface area contributed by atoms with E-state index >= 15 is 0 Å². The molecule has 0 heterocycles. The molecule has 2 rings (SSSR count). The third kappa shape index (κ3) is 3.10. The van der Waals surface area contributed by atoms with Crippen molar-refractivity contribution >= 4 is 11.6 Å². The molecule has 0 unspecified atom stereocenters. The van der Waals surface area contributed by atoms with Gasteiger partial charge in [-0.2, -0.15) is 0 Å². The smallest absolute Gasteiger partial charge is 0.127 e. The van der Waals surface area contributed by atoms with Crippen molar-refractivity contribution in [2.24, 2.45) is 0 Å². The number of hydrogen-bond acceptors (Lipinski definition) is 1. The SMILES string of the molecule is Cc1cccc(C)c1COc1c(C)cccc1CCl. The number of hydrogen-bond donors (Lipinski definition) is 0. The minimum absolute atomic E-state index is 0.476. The van der Waals surface area contributed by atoms with Gasteiger partial charge in [0.1, 0.15) is 12.4 Å². The molecule has 0 atom stereocenters. The molecule has 0 spiro atoms. The topological polar surface area (TPSA) is 9.23 Å². The highest BCUT2D eigenvalue weighted by molar-refractivity contribution is 6.17. The van der Waals surface area contributed by atoms with Gasteiger partial charge in [-0.25, -0.2) is 0 Å². The fourth-order valence-corrected chi connectivity index (χ4v) is 2.46. The summed E-state index contributed by atoms with van der Waals surface area (Å²) >= 11 is 5.97. The lowest BCUT2D eigenvalue weighted by Gasteiger charge is -2.15. The maximum absolute atomic E-state index is 6.02. The van der Waals surface area contributed by atoms with Crippen LogP contribution in [0.2, 0.25) is 0 Å². The van der Waals surface area contributed by atoms with Crippen LogP contribution in [0.3, 0.4) is 0 Å². The van der Waals surface area contributed by atoms with E-state index in [4.69, 9.17) is 16.3 Å². The summed E-state index contributed by atoms with van der Waals surface area (Å²) < 4.78 is 6.02. The standard InChI is InChI=1S/C17H19ClO/c1-12-6-4-7-13(2)16(12)11-19-17-14(3)8-5-9-15(17)10-18/h4-9H,10-11H2,1-3H3. The molecule has 0 bridgehead atoms. The Morgan fingerprint density at radius 3 is 2.11 bits per heavy atom. The third-order valence-corrected chi connectivity index (χ3v) is 3.73. The van der Waals surface area contributed by atoms with Crippen LogP contribution >= 0.6 is 11.6 Å². The van der Waals surface area contributed by atoms with E-state index in [0.717, 1.165) is 16.9 Å². The van der Waals surface area contributed by atoms with Gasteiger partial charge in [-0.05, 0) is 43.0 Å². The maximum atomic E-state index is 6.02. The Bertz CT molecular complexity index is 555. The van der Waals surface area contributed by atoms with Gasteiger partial charge in [0.15, 0.2) is 0 Å². The van der Waals surface area contributed by atoms with Gasteiger partial charge in [0, 0.05) is 5.56 Å². The van der Waals surface area contributed by atoms with E-state index in [1.807, 2.05) is 12.1 Å². The number of rotatable bonds is 4. The Kier molecular flexibility index (Phi) is 4.49. The van der Waals surface area contributed by atoms with Crippen LogP contribution in [-0.2, 0) is 12.5 Å². The third-order valence-electron chi connectivity index (χ3n) is 3.44. The summed E-state index contributed by atoms with van der Waals surface area (Å²) in [5.74, 6) is 1.39. The Morgan fingerprint density at radius 2 is 1.47 bits per heavy atom. The highest BCUT2D eigenvalue weighted by Crippen LogP contribution is 2.26. The summed E-state index contributed by atoms with van der Waals surface area (Å²) in [5.41, 5.74) is 5.96. The van der Waals surface area contributed by atoms with Crippen LogP contribution in [0.5, 0.6) is 5.75 Å². The van der Waals surface area contributed by atoms with Crippen molar-refractivity contribution in [3.63, 3.8) is 0 Å². The van der Waals surface area contributed by atoms with Crippen molar-refractivity contribution in [2.45, 2.75) is 33.3 Å². The molecule has 100 valence electrons. The number of para-hydroxylation sites is 1. The highest BCUT2D eigenvalue weighted by atomic mass is 35.5. The van der Waals surface area contributed by atoms with Crippen LogP contribution in [0.25, 0.3) is 0 Å². The van der Waals surface area contributed by atoms with Crippen molar-refractivity contribution in [3.8, 4) is 5.75 Å². The largest absolute Gasteiger partial charge is 0.488 e. The highest BCUT2D eigenvalue weighted by Gasteiger charge is 2.08. The first-order chi connectivity index (χ1) is 9.13. The Labute approximate surface area is 120 Å². The molecule has 0 aliphatic rings. The van der Waals surface area contributed by atoms with E-state index in [1.54, 1.807) is 0 Å². The number of benzene rings is 2. The first kappa shape index (κ1) is 14.0. The van der Waals surface area contributed by atoms with Crippen LogP contribution in [-0.4, -0.2) is 0 Å². The van der Waals surface area contributed by atoms with E-state index in [9.17, 15) is 0 Å². The second-order valence-electron chi connectivity index (χ2n) is 4.86. The molecule has 0 saturated heterocycles. The van der Waals surface area contributed by atoms with E-state index < -0.39 is 0 Å². The van der Waals surface area contributed by atoms with E-state index in [1.165, 1.54) is 16.7 Å². The molecule has 0 radical (unpaired) electrons. The molecule has 0 aliphatic heterocycles. The number of alkyl halides is 1. The number of halogens is 1. The van der Waals surface area contributed by atoms with Gasteiger partial charge in [-0.15, -0.1) is 11.6 Å². The maximum Gasteiger partial charge on any atom is 0.127 e. The van der Waals surface area contributed by atoms with Crippen LogP contribution in [0.4, 0.5) is 0 Å². The van der Waals surface area contributed by atoms with Crippen molar-refractivity contribution in [3.05, 3.63) is 64.2 Å². The molecule has 19 heavy (non-hydrogen) atoms. The molecule has 0 saturated carbocycles. The minimum atomic E-state index is 0.476. The van der Waals surface area contributed by atoms with Gasteiger partial charge < -0.3 is 4.74 Å². The lowest BCUT2D eigenvalue weighted by Crippen LogP contribution is -2.03. The van der Waals surface area contributed by atoms with Gasteiger partial charge in [0.25, 0.3) is 0 Å². The van der Waals surface area contributed by atoms with Crippen molar-refractivity contribution < 1.29 is 4.74 Å². The first-order valence-corrected chi connectivity index (χ1v) is 6.99. The molecule has 0 aromatic heterocycles. The lowest BCUT2D eigenvalue weighted by atomic mass is 10.0. The zero-order valence-electron chi connectivity index (χ0n) is 11.7. The molecule has 0 fully saturated rings. The Balaban J connectivity index is 2.24. The average molecular weight is 275 g/mol. The summed E-state index contributed by atoms with van der Waals surface area (Å²) in [4.78, 5) is 0. The monoisotopic (exact) mass is 274 g/mol. The van der Waals surface area contributed by atoms with Gasteiger partial charge in [0.05, 0.1) is 5.88 Å². The summed E-state index contributed by atoms with van der Waals surface area (Å²) in [6.45, 7) is 6.88. The van der Waals surface area contributed by atoms with Gasteiger partial charge in [0.2, 0.25) is 0 Å². The fraction of sp³-hybridized carbons (Fsp3) is 0.294. The lowest BCUT2D eigenvalue weighted by molar-refractivity contribution is 0.300. The predicted octanol–water partition coefficient (Wildman–Crippen LogP) is 4.93. The molecular formula is C17H19ClO. The quantitative estimate of drug-likeness (QED) is 0.719. The minimum Gasteiger partial charge on any atom is -0.488 e. The summed E-state index contributed by atoms with van der Waals surface area (Å²) in [5, 5.41) is 0. The molecule has 2 heteroatoms. The fourth-order valence-electron chi connectivity index (χ4n) is 2.25. The number of ether oxygens (including phenoxy) is 1. The Hall–Kier alpha value is -1.47. The summed E-state index contributed by atoms with van der Waals surface area (Å²) in [7, 11) is 0. The van der Waals surface area contributed by atoms with Crippen LogP contribution in [0.15, 0.2) is 36.4 Å². The van der Waals surface area contributed by atoms with Gasteiger partial charge >= 0.3 is 0 Å². The number of aryl methyl sites for hydroxylation is 3. The molecule has 0 aliphatic carbocycles. The Morgan fingerprint density at radius 1 is 0.895 bits per heavy atom. The summed E-state index contributed by atoms with van der Waals surface area (Å²) in [6, 6.07) is 12.4. The molecule has 1 nitrogen and oxygen atoms in total. The second-order valence-corrected chi connectivity index (χ2v) is 5.12. The van der Waals surface area contributed by atoms with E-state index in [0.29, 0.717) is 12.5 Å². The van der Waals surface area contributed by atoms with Gasteiger partial charge in [-0.1, -0.05) is 36.4 Å². The normalized spacial score (nSPS) is 10.5. The average Bonchev–Trinajstić information content (AvgIpc) is 2.39. The molecule has 0 amide bonds.